The molecule has 2 rings (SSSR count). The van der Waals surface area contributed by atoms with Crippen LogP contribution < -0.4 is 0 Å². The molecule has 3 heteroatoms. The fraction of sp³-hybridized carbons (Fsp3) is 0.938. The van der Waals surface area contributed by atoms with Gasteiger partial charge in [-0.3, -0.25) is 4.79 Å². The molecule has 1 aliphatic carbocycles. The topological polar surface area (TPSA) is 23.6 Å². The third-order valence-electron chi connectivity index (χ3n) is 5.14. The molecule has 19 heavy (non-hydrogen) atoms. The minimum atomic E-state index is 0.242. The molecule has 0 unspecified atom stereocenters. The van der Waals surface area contributed by atoms with E-state index >= 15 is 0 Å². The molecule has 1 saturated heterocycles. The molecule has 0 aromatic carbocycles. The summed E-state index contributed by atoms with van der Waals surface area (Å²) in [5.74, 6) is 2.72. The van der Waals surface area contributed by atoms with Crippen molar-refractivity contribution in [3.05, 3.63) is 0 Å². The zero-order chi connectivity index (χ0) is 13.8. The van der Waals surface area contributed by atoms with E-state index in [9.17, 15) is 4.79 Å². The zero-order valence-electron chi connectivity index (χ0n) is 12.9. The van der Waals surface area contributed by atoms with Gasteiger partial charge >= 0.3 is 0 Å². The molecule has 1 heterocycles. The lowest BCUT2D eigenvalue weighted by Crippen LogP contribution is -2.35. The number of hydrogen-bond acceptors (Lipinski definition) is 2. The van der Waals surface area contributed by atoms with Crippen LogP contribution in [0.5, 0.6) is 0 Å². The largest absolute Gasteiger partial charge is 0.343 e. The zero-order valence-corrected chi connectivity index (χ0v) is 12.9. The predicted octanol–water partition coefficient (Wildman–Crippen LogP) is 2.61. The van der Waals surface area contributed by atoms with Crippen molar-refractivity contribution in [1.82, 2.24) is 9.80 Å². The molecule has 1 aliphatic heterocycles. The van der Waals surface area contributed by atoms with Crippen molar-refractivity contribution >= 4 is 5.91 Å². The minimum Gasteiger partial charge on any atom is -0.343 e. The van der Waals surface area contributed by atoms with Gasteiger partial charge in [0.15, 0.2) is 0 Å². The second-order valence-electron chi connectivity index (χ2n) is 6.86. The summed E-state index contributed by atoms with van der Waals surface area (Å²) in [7, 11) is 2.26. The maximum absolute atomic E-state index is 11.3. The monoisotopic (exact) mass is 266 g/mol. The fourth-order valence-electron chi connectivity index (χ4n) is 3.85. The van der Waals surface area contributed by atoms with Crippen LogP contribution in [0.15, 0.2) is 0 Å². The number of hydrogen-bond donors (Lipinski definition) is 0. The first kappa shape index (κ1) is 14.8. The summed E-state index contributed by atoms with van der Waals surface area (Å²) in [5.41, 5.74) is 0. The van der Waals surface area contributed by atoms with Crippen LogP contribution in [-0.4, -0.2) is 48.9 Å². The lowest BCUT2D eigenvalue weighted by atomic mass is 9.80. The average molecular weight is 266 g/mol. The number of carbonyl (C=O) groups is 1. The Hall–Kier alpha value is -0.570. The second-order valence-corrected chi connectivity index (χ2v) is 6.86. The van der Waals surface area contributed by atoms with Gasteiger partial charge < -0.3 is 9.80 Å². The molecule has 0 N–H and O–H groups in total. The number of likely N-dealkylation sites (tertiary alicyclic amines) is 1. The van der Waals surface area contributed by atoms with Gasteiger partial charge in [0.1, 0.15) is 0 Å². The molecule has 2 aliphatic rings. The van der Waals surface area contributed by atoms with E-state index in [0.717, 1.165) is 31.5 Å². The second kappa shape index (κ2) is 6.74. The SMILES string of the molecule is CC(=O)N1CC[C@H](CN(C)C[C@H]2CCCC[C@@H]2C)C1. The third kappa shape index (κ3) is 4.20. The highest BCUT2D eigenvalue weighted by Crippen LogP contribution is 2.30. The summed E-state index contributed by atoms with van der Waals surface area (Å²) in [6.45, 7) is 8.46. The van der Waals surface area contributed by atoms with Gasteiger partial charge in [0.2, 0.25) is 5.91 Å². The van der Waals surface area contributed by atoms with Gasteiger partial charge in [0.05, 0.1) is 0 Å². The van der Waals surface area contributed by atoms with Crippen LogP contribution in [0.2, 0.25) is 0 Å². The lowest BCUT2D eigenvalue weighted by Gasteiger charge is -2.33. The van der Waals surface area contributed by atoms with E-state index in [2.05, 4.69) is 18.9 Å². The van der Waals surface area contributed by atoms with Gasteiger partial charge in [-0.05, 0) is 37.6 Å². The van der Waals surface area contributed by atoms with Crippen LogP contribution in [0.1, 0.15) is 46.0 Å². The molecule has 3 atom stereocenters. The van der Waals surface area contributed by atoms with E-state index < -0.39 is 0 Å². The normalized spacial score (nSPS) is 32.0. The minimum absolute atomic E-state index is 0.242. The Morgan fingerprint density at radius 1 is 1.21 bits per heavy atom. The predicted molar refractivity (Wildman–Crippen MR) is 79.0 cm³/mol. The van der Waals surface area contributed by atoms with E-state index in [1.54, 1.807) is 6.92 Å². The van der Waals surface area contributed by atoms with E-state index in [-0.39, 0.29) is 5.91 Å². The smallest absolute Gasteiger partial charge is 0.219 e. The lowest BCUT2D eigenvalue weighted by molar-refractivity contribution is -0.127. The van der Waals surface area contributed by atoms with E-state index in [1.807, 2.05) is 4.90 Å². The van der Waals surface area contributed by atoms with Crippen molar-refractivity contribution in [3.8, 4) is 0 Å². The van der Waals surface area contributed by atoms with Crippen LogP contribution in [-0.2, 0) is 4.79 Å². The van der Waals surface area contributed by atoms with E-state index in [4.69, 9.17) is 0 Å². The maximum atomic E-state index is 11.3. The standard InChI is InChI=1S/C16H30N2O/c1-13-6-4-5-7-16(13)12-17(3)10-15-8-9-18(11-15)14(2)19/h13,15-16H,4-12H2,1-3H3/t13-,15+,16+/m0/s1. The van der Waals surface area contributed by atoms with Gasteiger partial charge in [-0.25, -0.2) is 0 Å². The van der Waals surface area contributed by atoms with Crippen LogP contribution in [0.4, 0.5) is 0 Å². The van der Waals surface area contributed by atoms with Crippen molar-refractivity contribution < 1.29 is 4.79 Å². The van der Waals surface area contributed by atoms with Gasteiger partial charge in [-0.15, -0.1) is 0 Å². The molecule has 110 valence electrons. The highest BCUT2D eigenvalue weighted by molar-refractivity contribution is 5.73. The highest BCUT2D eigenvalue weighted by atomic mass is 16.2. The van der Waals surface area contributed by atoms with Gasteiger partial charge in [-0.1, -0.05) is 26.2 Å². The van der Waals surface area contributed by atoms with Crippen LogP contribution in [0.3, 0.4) is 0 Å². The van der Waals surface area contributed by atoms with Crippen LogP contribution in [0.25, 0.3) is 0 Å². The molecular weight excluding hydrogens is 236 g/mol. The molecular formula is C16H30N2O. The fourth-order valence-corrected chi connectivity index (χ4v) is 3.85. The Labute approximate surface area is 118 Å². The molecule has 2 fully saturated rings. The molecule has 1 saturated carbocycles. The number of rotatable bonds is 4. The van der Waals surface area contributed by atoms with E-state index in [0.29, 0.717) is 5.92 Å². The maximum Gasteiger partial charge on any atom is 0.219 e. The average Bonchev–Trinajstić information content (AvgIpc) is 2.80. The van der Waals surface area contributed by atoms with Crippen LogP contribution in [0, 0.1) is 17.8 Å². The molecule has 0 radical (unpaired) electrons. The number of amides is 1. The van der Waals surface area contributed by atoms with Crippen molar-refractivity contribution in [2.75, 3.05) is 33.2 Å². The molecule has 1 amide bonds. The summed E-state index contributed by atoms with van der Waals surface area (Å²) in [4.78, 5) is 15.9. The quantitative estimate of drug-likeness (QED) is 0.781. The van der Waals surface area contributed by atoms with Gasteiger partial charge in [0, 0.05) is 33.1 Å². The summed E-state index contributed by atoms with van der Waals surface area (Å²) in [6.07, 6.45) is 6.86. The Morgan fingerprint density at radius 2 is 1.95 bits per heavy atom. The van der Waals surface area contributed by atoms with E-state index in [1.165, 1.54) is 38.6 Å². The Balaban J connectivity index is 1.72. The summed E-state index contributed by atoms with van der Waals surface area (Å²) >= 11 is 0. The Morgan fingerprint density at radius 3 is 2.58 bits per heavy atom. The molecule has 0 bridgehead atoms. The molecule has 3 nitrogen and oxygen atoms in total. The molecule has 0 aromatic rings. The summed E-state index contributed by atoms with van der Waals surface area (Å²) in [6, 6.07) is 0. The number of carbonyl (C=O) groups excluding carboxylic acids is 1. The van der Waals surface area contributed by atoms with Crippen molar-refractivity contribution in [1.29, 1.82) is 0 Å². The first-order chi connectivity index (χ1) is 9.06. The summed E-state index contributed by atoms with van der Waals surface area (Å²) < 4.78 is 0. The number of nitrogens with zero attached hydrogens (tertiary/aromatic N) is 2. The van der Waals surface area contributed by atoms with Gasteiger partial charge in [-0.2, -0.15) is 0 Å². The molecule has 0 aromatic heterocycles. The van der Waals surface area contributed by atoms with Gasteiger partial charge in [0.25, 0.3) is 0 Å². The first-order valence-corrected chi connectivity index (χ1v) is 8.00. The van der Waals surface area contributed by atoms with Crippen molar-refractivity contribution in [3.63, 3.8) is 0 Å². The Bertz CT molecular complexity index is 305. The van der Waals surface area contributed by atoms with Crippen molar-refractivity contribution in [2.24, 2.45) is 17.8 Å². The summed E-state index contributed by atoms with van der Waals surface area (Å²) in [5, 5.41) is 0. The molecule has 0 spiro atoms. The highest BCUT2D eigenvalue weighted by Gasteiger charge is 2.27. The van der Waals surface area contributed by atoms with Crippen molar-refractivity contribution in [2.45, 2.75) is 46.0 Å². The van der Waals surface area contributed by atoms with Crippen LogP contribution >= 0.6 is 0 Å². The third-order valence-corrected chi connectivity index (χ3v) is 5.14. The first-order valence-electron chi connectivity index (χ1n) is 8.00. The Kier molecular flexibility index (Phi) is 5.26.